The zero-order chi connectivity index (χ0) is 22.3. The average molecular weight is 454 g/mol. The second kappa shape index (κ2) is 10.8. The summed E-state index contributed by atoms with van der Waals surface area (Å²) in [7, 11) is 0. The van der Waals surface area contributed by atoms with E-state index in [1.807, 2.05) is 18.2 Å². The molecule has 9 heteroatoms. The van der Waals surface area contributed by atoms with Crippen LogP contribution < -0.4 is 15.1 Å². The first-order chi connectivity index (χ1) is 16.3. The Balaban J connectivity index is 1.24. The molecule has 2 saturated heterocycles. The molecule has 3 aliphatic heterocycles. The zero-order valence-electron chi connectivity index (χ0n) is 18.8. The van der Waals surface area contributed by atoms with Gasteiger partial charge < -0.3 is 23.8 Å². The molecule has 1 N–H and O–H groups in total. The highest BCUT2D eigenvalue weighted by molar-refractivity contribution is 5.83. The van der Waals surface area contributed by atoms with Crippen LogP contribution in [0.4, 0.5) is 11.5 Å². The molecular formula is C24H31N5O4. The molecule has 0 saturated carbocycles. The predicted molar refractivity (Wildman–Crippen MR) is 127 cm³/mol. The molecule has 2 atom stereocenters. The molecule has 0 aromatic carbocycles. The van der Waals surface area contributed by atoms with Crippen LogP contribution in [0.5, 0.6) is 5.88 Å². The molecule has 1 aliphatic carbocycles. The van der Waals surface area contributed by atoms with Gasteiger partial charge in [0.2, 0.25) is 5.88 Å². The number of nitrogens with one attached hydrogen (secondary N) is 1. The Kier molecular flexibility index (Phi) is 7.20. The van der Waals surface area contributed by atoms with Crippen LogP contribution >= 0.6 is 0 Å². The third-order valence-electron chi connectivity index (χ3n) is 6.10. The summed E-state index contributed by atoms with van der Waals surface area (Å²) in [5.41, 5.74) is 5.17. The summed E-state index contributed by atoms with van der Waals surface area (Å²) in [6.45, 7) is 8.02. The van der Waals surface area contributed by atoms with Crippen LogP contribution in [-0.4, -0.2) is 88.0 Å². The van der Waals surface area contributed by atoms with Gasteiger partial charge in [-0.1, -0.05) is 12.2 Å². The highest BCUT2D eigenvalue weighted by Crippen LogP contribution is 2.26. The van der Waals surface area contributed by atoms with Gasteiger partial charge in [0, 0.05) is 56.5 Å². The van der Waals surface area contributed by atoms with Crippen LogP contribution in [0.1, 0.15) is 0 Å². The van der Waals surface area contributed by atoms with Crippen LogP contribution in [0, 0.1) is 5.92 Å². The minimum atomic E-state index is 0.110. The summed E-state index contributed by atoms with van der Waals surface area (Å²) in [5, 5.41) is 4.42. The number of hydrogen-bond acceptors (Lipinski definition) is 9. The Labute approximate surface area is 194 Å². The van der Waals surface area contributed by atoms with E-state index in [0.717, 1.165) is 70.4 Å². The molecule has 176 valence electrons. The number of pyridine rings is 1. The summed E-state index contributed by atoms with van der Waals surface area (Å²) in [6, 6.07) is 4.00. The second-order valence-electron chi connectivity index (χ2n) is 8.35. The second-order valence-corrected chi connectivity index (χ2v) is 8.35. The van der Waals surface area contributed by atoms with Crippen LogP contribution in [0.15, 0.2) is 53.4 Å². The number of anilines is 2. The zero-order valence-corrected chi connectivity index (χ0v) is 18.8. The topological polar surface area (TPSA) is 80.7 Å². The van der Waals surface area contributed by atoms with Crippen molar-refractivity contribution in [3.63, 3.8) is 0 Å². The highest BCUT2D eigenvalue weighted by Gasteiger charge is 2.22. The Morgan fingerprint density at radius 2 is 1.91 bits per heavy atom. The summed E-state index contributed by atoms with van der Waals surface area (Å²) in [4.78, 5) is 9.26. The lowest BCUT2D eigenvalue weighted by Gasteiger charge is -2.29. The number of rotatable bonds is 8. The minimum absolute atomic E-state index is 0.110. The maximum absolute atomic E-state index is 6.04. The molecule has 0 radical (unpaired) electrons. The van der Waals surface area contributed by atoms with Gasteiger partial charge in [0.15, 0.2) is 5.82 Å². The van der Waals surface area contributed by atoms with E-state index in [9.17, 15) is 0 Å². The molecule has 0 bridgehead atoms. The van der Waals surface area contributed by atoms with Crippen molar-refractivity contribution >= 4 is 17.7 Å². The third kappa shape index (κ3) is 5.93. The fourth-order valence-electron chi connectivity index (χ4n) is 4.22. The number of hydrazone groups is 1. The molecule has 2 fully saturated rings. The summed E-state index contributed by atoms with van der Waals surface area (Å²) >= 11 is 0. The quantitative estimate of drug-likeness (QED) is 0.473. The van der Waals surface area contributed by atoms with Crippen molar-refractivity contribution in [1.82, 2.24) is 9.88 Å². The average Bonchev–Trinajstić information content (AvgIpc) is 3.33. The van der Waals surface area contributed by atoms with E-state index in [0.29, 0.717) is 18.3 Å². The van der Waals surface area contributed by atoms with Gasteiger partial charge in [-0.25, -0.2) is 0 Å². The summed E-state index contributed by atoms with van der Waals surface area (Å²) < 4.78 is 22.5. The monoisotopic (exact) mass is 453 g/mol. The van der Waals surface area contributed by atoms with Gasteiger partial charge in [0.1, 0.15) is 12.7 Å². The molecule has 4 heterocycles. The van der Waals surface area contributed by atoms with Crippen molar-refractivity contribution in [2.75, 3.05) is 76.1 Å². The van der Waals surface area contributed by atoms with E-state index in [1.165, 1.54) is 0 Å². The first kappa shape index (κ1) is 21.9. The highest BCUT2D eigenvalue weighted by atomic mass is 16.5. The SMILES string of the molecule is C1=CC2C=C(/C=N/Nc3cc(N4CCOCC4)cc(OCCN4CCOCC4)n3)C=CC2O1. The fraction of sp³-hybridized carbons (Fsp3) is 0.500. The van der Waals surface area contributed by atoms with Crippen molar-refractivity contribution in [2.45, 2.75) is 6.10 Å². The lowest BCUT2D eigenvalue weighted by atomic mass is 9.95. The van der Waals surface area contributed by atoms with Crippen molar-refractivity contribution in [2.24, 2.45) is 11.0 Å². The van der Waals surface area contributed by atoms with Crippen molar-refractivity contribution in [3.8, 4) is 5.88 Å². The van der Waals surface area contributed by atoms with Gasteiger partial charge in [0.05, 0.1) is 38.9 Å². The largest absolute Gasteiger partial charge is 0.493 e. The van der Waals surface area contributed by atoms with Gasteiger partial charge in [-0.3, -0.25) is 10.3 Å². The molecule has 33 heavy (non-hydrogen) atoms. The van der Waals surface area contributed by atoms with Gasteiger partial charge >= 0.3 is 0 Å². The van der Waals surface area contributed by atoms with Crippen molar-refractivity contribution in [3.05, 3.63) is 48.3 Å². The van der Waals surface area contributed by atoms with Crippen LogP contribution in [0.3, 0.4) is 0 Å². The fourth-order valence-corrected chi connectivity index (χ4v) is 4.22. The molecule has 1 aromatic heterocycles. The first-order valence-corrected chi connectivity index (χ1v) is 11.6. The van der Waals surface area contributed by atoms with Crippen LogP contribution in [0.25, 0.3) is 0 Å². The standard InChI is InChI=1S/C24H31N5O4/c1-2-22-20(3-9-32-22)15-19(1)18-25-27-23-16-21(29-7-12-31-13-8-29)17-24(26-23)33-14-6-28-4-10-30-11-5-28/h1-3,9,15-18,20,22H,4-8,10-14H2,(H,26,27)/b25-18+. The third-order valence-corrected chi connectivity index (χ3v) is 6.10. The molecular weight excluding hydrogens is 422 g/mol. The van der Waals surface area contributed by atoms with E-state index in [4.69, 9.17) is 18.9 Å². The predicted octanol–water partition coefficient (Wildman–Crippen LogP) is 2.05. The molecule has 0 amide bonds. The maximum atomic E-state index is 6.04. The molecule has 4 aliphatic rings. The molecule has 1 aromatic rings. The number of hydrogen-bond donors (Lipinski definition) is 1. The van der Waals surface area contributed by atoms with E-state index in [2.05, 4.69) is 43.5 Å². The minimum Gasteiger partial charge on any atom is -0.493 e. The Morgan fingerprint density at radius 1 is 1.09 bits per heavy atom. The number of nitrogens with zero attached hydrogens (tertiary/aromatic N) is 4. The lowest BCUT2D eigenvalue weighted by Crippen LogP contribution is -2.38. The summed E-state index contributed by atoms with van der Waals surface area (Å²) in [5.74, 6) is 1.52. The van der Waals surface area contributed by atoms with E-state index < -0.39 is 0 Å². The van der Waals surface area contributed by atoms with E-state index >= 15 is 0 Å². The van der Waals surface area contributed by atoms with Gasteiger partial charge in [-0.05, 0) is 17.7 Å². The number of allylic oxidation sites excluding steroid dienone is 2. The first-order valence-electron chi connectivity index (χ1n) is 11.6. The number of fused-ring (bicyclic) bond motifs is 1. The van der Waals surface area contributed by atoms with E-state index in [-0.39, 0.29) is 12.0 Å². The van der Waals surface area contributed by atoms with Gasteiger partial charge in [0.25, 0.3) is 0 Å². The van der Waals surface area contributed by atoms with Crippen molar-refractivity contribution < 1.29 is 18.9 Å². The number of aromatic nitrogens is 1. The maximum Gasteiger partial charge on any atom is 0.217 e. The number of ether oxygens (including phenoxy) is 4. The molecule has 9 nitrogen and oxygen atoms in total. The molecule has 0 spiro atoms. The van der Waals surface area contributed by atoms with E-state index in [1.54, 1.807) is 12.5 Å². The normalized spacial score (nSPS) is 25.1. The Morgan fingerprint density at radius 3 is 2.76 bits per heavy atom. The molecule has 5 rings (SSSR count). The van der Waals surface area contributed by atoms with Crippen LogP contribution in [-0.2, 0) is 14.2 Å². The number of morpholine rings is 2. The smallest absolute Gasteiger partial charge is 0.217 e. The Bertz CT molecular complexity index is 919. The Hall–Kier alpha value is -2.88. The van der Waals surface area contributed by atoms with Gasteiger partial charge in [-0.2, -0.15) is 10.1 Å². The van der Waals surface area contributed by atoms with Crippen molar-refractivity contribution in [1.29, 1.82) is 0 Å². The summed E-state index contributed by atoms with van der Waals surface area (Å²) in [6.07, 6.45) is 12.0. The van der Waals surface area contributed by atoms with Crippen LogP contribution in [0.2, 0.25) is 0 Å². The van der Waals surface area contributed by atoms with Gasteiger partial charge in [-0.15, -0.1) is 0 Å². The molecule has 2 unspecified atom stereocenters. The lowest BCUT2D eigenvalue weighted by molar-refractivity contribution is 0.0320.